The maximum atomic E-state index is 12.6. The maximum Gasteiger partial charge on any atom is 0.241 e. The zero-order chi connectivity index (χ0) is 15.3. The Balaban J connectivity index is 3.15. The molecule has 0 aliphatic carbocycles. The van der Waals surface area contributed by atoms with E-state index in [1.54, 1.807) is 11.8 Å². The van der Waals surface area contributed by atoms with E-state index in [1.165, 1.54) is 0 Å². The van der Waals surface area contributed by atoms with Crippen LogP contribution < -0.4 is 10.0 Å². The molecule has 0 aromatic heterocycles. The molecule has 0 amide bonds. The molecule has 114 valence electrons. The van der Waals surface area contributed by atoms with Crippen LogP contribution in [0.25, 0.3) is 0 Å². The van der Waals surface area contributed by atoms with Crippen molar-refractivity contribution in [2.75, 3.05) is 24.4 Å². The predicted molar refractivity (Wildman–Crippen MR) is 88.2 cm³/mol. The summed E-state index contributed by atoms with van der Waals surface area (Å²) in [7, 11) is -1.65. The Morgan fingerprint density at radius 2 is 1.80 bits per heavy atom. The first kappa shape index (κ1) is 17.3. The minimum absolute atomic E-state index is 0.0298. The Morgan fingerprint density at radius 1 is 1.25 bits per heavy atom. The van der Waals surface area contributed by atoms with Gasteiger partial charge in [0.1, 0.15) is 0 Å². The van der Waals surface area contributed by atoms with Crippen molar-refractivity contribution in [2.24, 2.45) is 0 Å². The van der Waals surface area contributed by atoms with Crippen molar-refractivity contribution in [1.29, 1.82) is 0 Å². The molecular formula is C14H24N2O2S2. The predicted octanol–water partition coefficient (Wildman–Crippen LogP) is 2.77. The zero-order valence-electron chi connectivity index (χ0n) is 12.8. The van der Waals surface area contributed by atoms with Gasteiger partial charge < -0.3 is 5.32 Å². The Labute approximate surface area is 126 Å². The fourth-order valence-corrected chi connectivity index (χ4v) is 4.83. The molecule has 20 heavy (non-hydrogen) atoms. The van der Waals surface area contributed by atoms with Crippen molar-refractivity contribution in [3.8, 4) is 0 Å². The first-order valence-corrected chi connectivity index (χ1v) is 9.53. The third-order valence-corrected chi connectivity index (χ3v) is 5.76. The van der Waals surface area contributed by atoms with Gasteiger partial charge in [-0.1, -0.05) is 6.92 Å². The lowest BCUT2D eigenvalue weighted by molar-refractivity contribution is 0.557. The van der Waals surface area contributed by atoms with Crippen LogP contribution in [0.5, 0.6) is 0 Å². The smallest absolute Gasteiger partial charge is 0.241 e. The number of sulfonamides is 1. The first-order chi connectivity index (χ1) is 9.35. The molecule has 0 saturated heterocycles. The molecule has 1 aromatic rings. The van der Waals surface area contributed by atoms with Crippen molar-refractivity contribution >= 4 is 27.5 Å². The normalized spacial score (nSPS) is 13.2. The third kappa shape index (κ3) is 4.14. The quantitative estimate of drug-likeness (QED) is 0.812. The van der Waals surface area contributed by atoms with Gasteiger partial charge in [0.15, 0.2) is 0 Å². The van der Waals surface area contributed by atoms with E-state index in [1.807, 2.05) is 46.2 Å². The largest absolute Gasteiger partial charge is 0.388 e. The molecule has 0 spiro atoms. The zero-order valence-corrected chi connectivity index (χ0v) is 14.4. The Kier molecular flexibility index (Phi) is 6.36. The lowest BCUT2D eigenvalue weighted by atomic mass is 10.1. The van der Waals surface area contributed by atoms with Crippen molar-refractivity contribution in [3.63, 3.8) is 0 Å². The summed E-state index contributed by atoms with van der Waals surface area (Å²) in [5, 5.41) is 3.04. The number of nitrogens with one attached hydrogen (secondary N) is 2. The average molecular weight is 316 g/mol. The summed E-state index contributed by atoms with van der Waals surface area (Å²) in [6.45, 7) is 5.66. The topological polar surface area (TPSA) is 58.2 Å². The molecule has 1 atom stereocenters. The van der Waals surface area contributed by atoms with Crippen LogP contribution >= 0.6 is 11.8 Å². The van der Waals surface area contributed by atoms with Crippen LogP contribution in [0.4, 0.5) is 5.69 Å². The highest BCUT2D eigenvalue weighted by Gasteiger charge is 2.23. The fourth-order valence-electron chi connectivity index (χ4n) is 2.23. The number of aryl methyl sites for hydroxylation is 2. The number of hydrogen-bond donors (Lipinski definition) is 2. The van der Waals surface area contributed by atoms with Crippen molar-refractivity contribution < 1.29 is 8.42 Å². The summed E-state index contributed by atoms with van der Waals surface area (Å²) >= 11 is 1.65. The van der Waals surface area contributed by atoms with E-state index in [4.69, 9.17) is 0 Å². The molecule has 2 N–H and O–H groups in total. The number of benzene rings is 1. The van der Waals surface area contributed by atoms with Crippen LogP contribution in [-0.4, -0.2) is 33.5 Å². The van der Waals surface area contributed by atoms with Gasteiger partial charge in [0.25, 0.3) is 0 Å². The molecule has 0 aliphatic rings. The van der Waals surface area contributed by atoms with Crippen LogP contribution in [0.2, 0.25) is 0 Å². The van der Waals surface area contributed by atoms with Gasteiger partial charge in [-0.25, -0.2) is 13.1 Å². The summed E-state index contributed by atoms with van der Waals surface area (Å²) in [4.78, 5) is 0.399. The highest BCUT2D eigenvalue weighted by atomic mass is 32.2. The number of anilines is 1. The highest BCUT2D eigenvalue weighted by Crippen LogP contribution is 2.24. The second-order valence-electron chi connectivity index (χ2n) is 4.87. The van der Waals surface area contributed by atoms with Crippen molar-refractivity contribution in [2.45, 2.75) is 38.1 Å². The molecule has 1 aromatic carbocycles. The fraction of sp³-hybridized carbons (Fsp3) is 0.571. The van der Waals surface area contributed by atoms with Gasteiger partial charge in [0, 0.05) is 24.5 Å². The van der Waals surface area contributed by atoms with Gasteiger partial charge in [-0.2, -0.15) is 11.8 Å². The Hall–Kier alpha value is -0.720. The van der Waals surface area contributed by atoms with E-state index in [0.717, 1.165) is 29.0 Å². The third-order valence-electron chi connectivity index (χ3n) is 3.20. The maximum absolute atomic E-state index is 12.6. The Bertz CT molecular complexity index is 533. The van der Waals surface area contributed by atoms with Gasteiger partial charge in [-0.15, -0.1) is 0 Å². The van der Waals surface area contributed by atoms with Crippen LogP contribution in [0.15, 0.2) is 17.0 Å². The number of thioether (sulfide) groups is 1. The lowest BCUT2D eigenvalue weighted by Gasteiger charge is -2.19. The molecule has 6 heteroatoms. The monoisotopic (exact) mass is 316 g/mol. The second-order valence-corrected chi connectivity index (χ2v) is 7.43. The molecule has 1 unspecified atom stereocenters. The molecule has 0 saturated carbocycles. The molecular weight excluding hydrogens is 292 g/mol. The van der Waals surface area contributed by atoms with Crippen molar-refractivity contribution in [1.82, 2.24) is 4.72 Å². The Morgan fingerprint density at radius 3 is 2.20 bits per heavy atom. The van der Waals surface area contributed by atoms with Crippen LogP contribution in [0.1, 0.15) is 24.5 Å². The van der Waals surface area contributed by atoms with Gasteiger partial charge in [-0.3, -0.25) is 0 Å². The summed E-state index contributed by atoms with van der Waals surface area (Å²) in [6.07, 6.45) is 2.77. The standard InChI is InChI=1S/C14H24N2O2S2/c1-6-12(9-19-5)16-20(17,18)14-10(2)7-13(15-4)8-11(14)3/h7-8,12,15-16H,6,9H2,1-5H3. The lowest BCUT2D eigenvalue weighted by Crippen LogP contribution is -2.36. The molecule has 1 rings (SSSR count). The minimum Gasteiger partial charge on any atom is -0.388 e. The molecule has 0 heterocycles. The second kappa shape index (κ2) is 7.33. The summed E-state index contributed by atoms with van der Waals surface area (Å²) in [5.41, 5.74) is 2.46. The van der Waals surface area contributed by atoms with Gasteiger partial charge in [0.2, 0.25) is 10.0 Å². The van der Waals surface area contributed by atoms with E-state index in [-0.39, 0.29) is 6.04 Å². The molecule has 0 aliphatic heterocycles. The molecule has 0 fully saturated rings. The first-order valence-electron chi connectivity index (χ1n) is 6.66. The van der Waals surface area contributed by atoms with Crippen LogP contribution in [0, 0.1) is 13.8 Å². The number of rotatable bonds is 7. The number of hydrogen-bond acceptors (Lipinski definition) is 4. The summed E-state index contributed by atoms with van der Waals surface area (Å²) < 4.78 is 28.0. The van der Waals surface area contributed by atoms with Gasteiger partial charge in [-0.05, 0) is 49.8 Å². The van der Waals surface area contributed by atoms with Crippen molar-refractivity contribution in [3.05, 3.63) is 23.3 Å². The minimum atomic E-state index is -3.47. The van der Waals surface area contributed by atoms with E-state index in [0.29, 0.717) is 4.90 Å². The van der Waals surface area contributed by atoms with Crippen LogP contribution in [0.3, 0.4) is 0 Å². The molecule has 4 nitrogen and oxygen atoms in total. The molecule has 0 radical (unpaired) electrons. The highest BCUT2D eigenvalue weighted by molar-refractivity contribution is 7.98. The average Bonchev–Trinajstić information content (AvgIpc) is 2.36. The molecule has 0 bridgehead atoms. The van der Waals surface area contributed by atoms with E-state index in [9.17, 15) is 8.42 Å². The van der Waals surface area contributed by atoms with Gasteiger partial charge in [0.05, 0.1) is 4.90 Å². The SMILES string of the molecule is CCC(CSC)NS(=O)(=O)c1c(C)cc(NC)cc1C. The van der Waals surface area contributed by atoms with Gasteiger partial charge >= 0.3 is 0 Å². The summed E-state index contributed by atoms with van der Waals surface area (Å²) in [5.74, 6) is 0.780. The summed E-state index contributed by atoms with van der Waals surface area (Å²) in [6, 6.07) is 3.69. The van der Waals surface area contributed by atoms with Crippen LogP contribution in [-0.2, 0) is 10.0 Å². The van der Waals surface area contributed by atoms with E-state index >= 15 is 0 Å². The van der Waals surface area contributed by atoms with E-state index in [2.05, 4.69) is 10.0 Å². The van der Waals surface area contributed by atoms with E-state index < -0.39 is 10.0 Å².